The van der Waals surface area contributed by atoms with Crippen molar-refractivity contribution in [1.82, 2.24) is 15.1 Å². The van der Waals surface area contributed by atoms with Gasteiger partial charge in [-0.15, -0.1) is 0 Å². The van der Waals surface area contributed by atoms with E-state index in [9.17, 15) is 9.18 Å². The van der Waals surface area contributed by atoms with Crippen LogP contribution < -0.4 is 5.32 Å². The quantitative estimate of drug-likeness (QED) is 0.873. The molecule has 2 saturated heterocycles. The van der Waals surface area contributed by atoms with Gasteiger partial charge in [0.2, 0.25) is 0 Å². The van der Waals surface area contributed by atoms with E-state index in [-0.39, 0.29) is 23.4 Å². The van der Waals surface area contributed by atoms with Gasteiger partial charge in [-0.2, -0.15) is 0 Å². The number of hydrogen-bond donors (Lipinski definition) is 1. The Morgan fingerprint density at radius 1 is 1.22 bits per heavy atom. The molecule has 0 bridgehead atoms. The monoisotopic (exact) mass is 377 g/mol. The van der Waals surface area contributed by atoms with Gasteiger partial charge in [0.25, 0.3) is 0 Å². The molecule has 5 nitrogen and oxygen atoms in total. The molecule has 2 heterocycles. The van der Waals surface area contributed by atoms with Crippen LogP contribution in [0.1, 0.15) is 51.1 Å². The second-order valence-corrected chi connectivity index (χ2v) is 8.18. The molecule has 6 heteroatoms. The maximum absolute atomic E-state index is 13.7. The van der Waals surface area contributed by atoms with E-state index in [0.717, 1.165) is 57.6 Å². The van der Waals surface area contributed by atoms with Crippen molar-refractivity contribution >= 4 is 6.03 Å². The summed E-state index contributed by atoms with van der Waals surface area (Å²) in [5.74, 6) is -0.245. The molecule has 2 fully saturated rings. The largest absolute Gasteiger partial charge is 0.379 e. The molecule has 27 heavy (non-hydrogen) atoms. The maximum Gasteiger partial charge on any atom is 0.317 e. The predicted octanol–water partition coefficient (Wildman–Crippen LogP) is 3.56. The summed E-state index contributed by atoms with van der Waals surface area (Å²) in [6.07, 6.45) is 4.04. The van der Waals surface area contributed by atoms with Crippen LogP contribution in [0.2, 0.25) is 0 Å². The fraction of sp³-hybridized carbons (Fsp3) is 0.667. The number of rotatable bonds is 4. The number of carbonyl (C=O) groups excluding carboxylic acids is 1. The van der Waals surface area contributed by atoms with Gasteiger partial charge in [0.15, 0.2) is 0 Å². The molecular formula is C21H32FN3O2. The summed E-state index contributed by atoms with van der Waals surface area (Å²) in [7, 11) is 0. The highest BCUT2D eigenvalue weighted by Crippen LogP contribution is 2.30. The van der Waals surface area contributed by atoms with Crippen molar-refractivity contribution in [2.75, 3.05) is 39.4 Å². The number of benzene rings is 1. The summed E-state index contributed by atoms with van der Waals surface area (Å²) < 4.78 is 19.2. The van der Waals surface area contributed by atoms with Crippen LogP contribution in [-0.2, 0) is 4.74 Å². The topological polar surface area (TPSA) is 44.8 Å². The van der Waals surface area contributed by atoms with Crippen LogP contribution in [0.15, 0.2) is 24.3 Å². The first-order chi connectivity index (χ1) is 13.0. The average molecular weight is 378 g/mol. The molecule has 2 amide bonds. The number of nitrogens with zero attached hydrogens (tertiary/aromatic N) is 2. The number of nitrogens with one attached hydrogen (secondary N) is 1. The summed E-state index contributed by atoms with van der Waals surface area (Å²) in [4.78, 5) is 17.3. The molecule has 1 N–H and O–H groups in total. The van der Waals surface area contributed by atoms with Crippen molar-refractivity contribution in [3.05, 3.63) is 35.6 Å². The van der Waals surface area contributed by atoms with Crippen LogP contribution in [-0.4, -0.2) is 60.8 Å². The van der Waals surface area contributed by atoms with Gasteiger partial charge in [-0.3, -0.25) is 4.90 Å². The number of ether oxygens (including phenoxy) is 1. The van der Waals surface area contributed by atoms with E-state index in [2.05, 4.69) is 24.1 Å². The van der Waals surface area contributed by atoms with E-state index in [1.807, 2.05) is 11.0 Å². The number of urea groups is 1. The number of halogens is 1. The number of likely N-dealkylation sites (tertiary alicyclic amines) is 1. The van der Waals surface area contributed by atoms with E-state index in [1.54, 1.807) is 12.1 Å². The molecule has 0 aromatic heterocycles. The van der Waals surface area contributed by atoms with Crippen LogP contribution in [0.5, 0.6) is 0 Å². The van der Waals surface area contributed by atoms with Crippen LogP contribution in [0, 0.1) is 5.82 Å². The van der Waals surface area contributed by atoms with Gasteiger partial charge < -0.3 is 15.0 Å². The lowest BCUT2D eigenvalue weighted by Crippen LogP contribution is -2.56. The third kappa shape index (κ3) is 5.20. The van der Waals surface area contributed by atoms with Crippen LogP contribution in [0.4, 0.5) is 9.18 Å². The zero-order valence-corrected chi connectivity index (χ0v) is 16.5. The summed E-state index contributed by atoms with van der Waals surface area (Å²) in [6, 6.07) is 6.57. The SMILES string of the molecule is CC(C)(CNC(=O)N1CCCCC[C@@H]1c1cccc(F)c1)N1CCOCC1. The third-order valence-electron chi connectivity index (χ3n) is 5.79. The number of hydrogen-bond acceptors (Lipinski definition) is 3. The first-order valence-corrected chi connectivity index (χ1v) is 10.1. The van der Waals surface area contributed by atoms with Gasteiger partial charge in [0.05, 0.1) is 19.3 Å². The highest BCUT2D eigenvalue weighted by Gasteiger charge is 2.31. The molecule has 1 aromatic carbocycles. The molecule has 0 radical (unpaired) electrons. The Morgan fingerprint density at radius 2 is 2.00 bits per heavy atom. The first kappa shape index (κ1) is 20.1. The highest BCUT2D eigenvalue weighted by atomic mass is 19.1. The summed E-state index contributed by atoms with van der Waals surface area (Å²) in [5.41, 5.74) is 0.763. The minimum atomic E-state index is -0.245. The molecule has 0 spiro atoms. The Labute approximate surface area is 161 Å². The maximum atomic E-state index is 13.7. The smallest absolute Gasteiger partial charge is 0.317 e. The van der Waals surface area contributed by atoms with Gasteiger partial charge in [0.1, 0.15) is 5.82 Å². The molecule has 0 aliphatic carbocycles. The normalized spacial score (nSPS) is 22.3. The zero-order valence-electron chi connectivity index (χ0n) is 16.5. The van der Waals surface area contributed by atoms with Crippen LogP contribution >= 0.6 is 0 Å². The van der Waals surface area contributed by atoms with E-state index in [1.165, 1.54) is 6.07 Å². The van der Waals surface area contributed by atoms with Crippen molar-refractivity contribution in [2.45, 2.75) is 51.1 Å². The van der Waals surface area contributed by atoms with Crippen LogP contribution in [0.3, 0.4) is 0 Å². The summed E-state index contributed by atoms with van der Waals surface area (Å²) >= 11 is 0. The lowest BCUT2D eigenvalue weighted by atomic mass is 10.0. The lowest BCUT2D eigenvalue weighted by Gasteiger charge is -2.41. The fourth-order valence-corrected chi connectivity index (χ4v) is 4.09. The van der Waals surface area contributed by atoms with E-state index >= 15 is 0 Å². The molecule has 0 unspecified atom stereocenters. The molecule has 2 aliphatic rings. The van der Waals surface area contributed by atoms with Gasteiger partial charge in [-0.25, -0.2) is 9.18 Å². The van der Waals surface area contributed by atoms with Crippen molar-refractivity contribution < 1.29 is 13.9 Å². The van der Waals surface area contributed by atoms with Crippen molar-refractivity contribution in [3.63, 3.8) is 0 Å². The van der Waals surface area contributed by atoms with Gasteiger partial charge in [0, 0.05) is 31.7 Å². The number of amides is 2. The summed E-state index contributed by atoms with van der Waals surface area (Å²) in [5, 5.41) is 3.14. The molecule has 150 valence electrons. The second-order valence-electron chi connectivity index (χ2n) is 8.18. The molecular weight excluding hydrogens is 345 g/mol. The lowest BCUT2D eigenvalue weighted by molar-refractivity contribution is -0.00915. The predicted molar refractivity (Wildman–Crippen MR) is 104 cm³/mol. The summed E-state index contributed by atoms with van der Waals surface area (Å²) in [6.45, 7) is 8.87. The van der Waals surface area contributed by atoms with E-state index in [0.29, 0.717) is 13.1 Å². The Balaban J connectivity index is 1.66. The first-order valence-electron chi connectivity index (χ1n) is 10.1. The molecule has 1 aromatic rings. The van der Waals surface area contributed by atoms with E-state index < -0.39 is 0 Å². The van der Waals surface area contributed by atoms with Crippen molar-refractivity contribution in [1.29, 1.82) is 0 Å². The van der Waals surface area contributed by atoms with Gasteiger partial charge in [-0.1, -0.05) is 25.0 Å². The van der Waals surface area contributed by atoms with Gasteiger partial charge >= 0.3 is 6.03 Å². The molecule has 2 aliphatic heterocycles. The minimum absolute atomic E-state index is 0.0486. The Bertz CT molecular complexity index is 632. The number of carbonyl (C=O) groups is 1. The zero-order chi connectivity index (χ0) is 19.3. The molecule has 0 saturated carbocycles. The minimum Gasteiger partial charge on any atom is -0.379 e. The highest BCUT2D eigenvalue weighted by molar-refractivity contribution is 5.75. The molecule has 1 atom stereocenters. The van der Waals surface area contributed by atoms with Crippen molar-refractivity contribution in [3.8, 4) is 0 Å². The Morgan fingerprint density at radius 3 is 2.74 bits per heavy atom. The standard InChI is InChI=1S/C21H32FN3O2/c1-21(2,24-11-13-27-14-12-24)16-23-20(26)25-10-5-3-4-9-19(25)17-7-6-8-18(22)15-17/h6-8,15,19H,3-5,9-14,16H2,1-2H3,(H,23,26)/t19-/m1/s1. The third-order valence-corrected chi connectivity index (χ3v) is 5.79. The Kier molecular flexibility index (Phi) is 6.71. The number of morpholine rings is 1. The Hall–Kier alpha value is -1.66. The van der Waals surface area contributed by atoms with Gasteiger partial charge in [-0.05, 0) is 44.4 Å². The fourth-order valence-electron chi connectivity index (χ4n) is 4.09. The second kappa shape index (κ2) is 9.02. The van der Waals surface area contributed by atoms with Crippen LogP contribution in [0.25, 0.3) is 0 Å². The van der Waals surface area contributed by atoms with E-state index in [4.69, 9.17) is 4.74 Å². The molecule has 3 rings (SSSR count). The van der Waals surface area contributed by atoms with Crippen molar-refractivity contribution in [2.24, 2.45) is 0 Å². The average Bonchev–Trinajstić information content (AvgIpc) is 2.93.